The fourth-order valence-electron chi connectivity index (χ4n) is 3.42. The van der Waals surface area contributed by atoms with E-state index in [0.717, 1.165) is 34.1 Å². The van der Waals surface area contributed by atoms with Crippen LogP contribution in [0.3, 0.4) is 0 Å². The lowest BCUT2D eigenvalue weighted by Gasteiger charge is -2.20. The molecule has 33 heavy (non-hydrogen) atoms. The van der Waals surface area contributed by atoms with E-state index in [2.05, 4.69) is 0 Å². The summed E-state index contributed by atoms with van der Waals surface area (Å²) in [4.78, 5) is 0. The molecule has 5 nitrogen and oxygen atoms in total. The zero-order chi connectivity index (χ0) is 23.2. The van der Waals surface area contributed by atoms with Crippen LogP contribution in [0.4, 0.5) is 11.4 Å². The lowest BCUT2D eigenvalue weighted by Crippen LogP contribution is -2.05. The van der Waals surface area contributed by atoms with Crippen molar-refractivity contribution in [1.29, 1.82) is 0 Å². The zero-order valence-corrected chi connectivity index (χ0v) is 18.8. The Kier molecular flexibility index (Phi) is 6.81. The highest BCUT2D eigenvalue weighted by Gasteiger charge is 2.13. The topological polar surface area (TPSA) is 79.7 Å². The van der Waals surface area contributed by atoms with Gasteiger partial charge in [0.2, 0.25) is 0 Å². The molecule has 0 aromatic heterocycles. The highest BCUT2D eigenvalue weighted by molar-refractivity contribution is 5.44. The quantitative estimate of drug-likeness (QED) is 0.282. The van der Waals surface area contributed by atoms with Crippen LogP contribution < -0.4 is 20.9 Å². The van der Waals surface area contributed by atoms with Gasteiger partial charge in [0.05, 0.1) is 12.2 Å². The number of hydrogen-bond acceptors (Lipinski definition) is 5. The van der Waals surface area contributed by atoms with Crippen molar-refractivity contribution < 1.29 is 14.2 Å². The molecule has 0 fully saturated rings. The third kappa shape index (κ3) is 6.05. The van der Waals surface area contributed by atoms with Gasteiger partial charge in [-0.05, 0) is 97.8 Å². The normalized spacial score (nSPS) is 12.7. The van der Waals surface area contributed by atoms with Crippen molar-refractivity contribution in [3.8, 4) is 23.0 Å². The van der Waals surface area contributed by atoms with Crippen molar-refractivity contribution in [3.05, 3.63) is 108 Å². The van der Waals surface area contributed by atoms with E-state index in [1.54, 1.807) is 0 Å². The molecule has 0 amide bonds. The van der Waals surface area contributed by atoms with E-state index < -0.39 is 0 Å². The maximum absolute atomic E-state index is 6.26. The van der Waals surface area contributed by atoms with Crippen molar-refractivity contribution in [1.82, 2.24) is 0 Å². The molecular formula is C28H28N2O3. The highest BCUT2D eigenvalue weighted by atomic mass is 16.5. The Hall–Kier alpha value is -3.96. The number of rotatable bonds is 8. The lowest BCUT2D eigenvalue weighted by atomic mass is 10.1. The zero-order valence-electron chi connectivity index (χ0n) is 18.8. The predicted molar refractivity (Wildman–Crippen MR) is 133 cm³/mol. The average Bonchev–Trinajstić information content (AvgIpc) is 2.83. The molecule has 0 heterocycles. The molecule has 2 unspecified atom stereocenters. The molecule has 4 aromatic carbocycles. The maximum Gasteiger partial charge on any atom is 0.127 e. The van der Waals surface area contributed by atoms with Crippen LogP contribution in [0.2, 0.25) is 0 Å². The third-order valence-electron chi connectivity index (χ3n) is 5.34. The summed E-state index contributed by atoms with van der Waals surface area (Å²) < 4.78 is 18.0. The first-order chi connectivity index (χ1) is 16.0. The minimum atomic E-state index is -0.0729. The molecule has 0 radical (unpaired) electrons. The average molecular weight is 441 g/mol. The van der Waals surface area contributed by atoms with E-state index in [1.807, 2.05) is 111 Å². The second-order valence-corrected chi connectivity index (χ2v) is 7.90. The van der Waals surface area contributed by atoms with Crippen LogP contribution in [0.1, 0.15) is 37.2 Å². The van der Waals surface area contributed by atoms with Crippen molar-refractivity contribution in [2.24, 2.45) is 0 Å². The predicted octanol–water partition coefficient (Wildman–Crippen LogP) is 7.27. The third-order valence-corrected chi connectivity index (χ3v) is 5.34. The van der Waals surface area contributed by atoms with Crippen LogP contribution >= 0.6 is 0 Å². The standard InChI is InChI=1S/C28H28N2O3/c1-19(21-3-11-25(12-4-21)32-27-15-7-23(29)8-16-27)31-20(2)22-5-13-26(14-6-22)33-28-17-9-24(30)10-18-28/h3-20H,29-30H2,1-2H3. The minimum Gasteiger partial charge on any atom is -0.457 e. The second kappa shape index (κ2) is 10.1. The molecule has 5 heteroatoms. The van der Waals surface area contributed by atoms with Crippen molar-refractivity contribution >= 4 is 11.4 Å². The summed E-state index contributed by atoms with van der Waals surface area (Å²) >= 11 is 0. The Morgan fingerprint density at radius 1 is 0.455 bits per heavy atom. The summed E-state index contributed by atoms with van der Waals surface area (Å²) in [5.74, 6) is 3.03. The van der Waals surface area contributed by atoms with Crippen LogP contribution in [0.15, 0.2) is 97.1 Å². The molecule has 0 bridgehead atoms. The number of nitrogens with two attached hydrogens (primary N) is 2. The van der Waals surface area contributed by atoms with Crippen molar-refractivity contribution in [3.63, 3.8) is 0 Å². The molecule has 168 valence electrons. The summed E-state index contributed by atoms with van der Waals surface area (Å²) in [6.07, 6.45) is -0.146. The Morgan fingerprint density at radius 2 is 0.727 bits per heavy atom. The molecular weight excluding hydrogens is 412 g/mol. The van der Waals surface area contributed by atoms with Gasteiger partial charge in [-0.1, -0.05) is 24.3 Å². The Balaban J connectivity index is 1.33. The summed E-state index contributed by atoms with van der Waals surface area (Å²) in [6, 6.07) is 30.5. The molecule has 2 atom stereocenters. The smallest absolute Gasteiger partial charge is 0.127 e. The summed E-state index contributed by atoms with van der Waals surface area (Å²) in [6.45, 7) is 4.09. The number of hydrogen-bond donors (Lipinski definition) is 2. The van der Waals surface area contributed by atoms with E-state index in [-0.39, 0.29) is 12.2 Å². The van der Waals surface area contributed by atoms with Gasteiger partial charge in [-0.2, -0.15) is 0 Å². The van der Waals surface area contributed by atoms with Gasteiger partial charge in [-0.15, -0.1) is 0 Å². The molecule has 0 saturated heterocycles. The van der Waals surface area contributed by atoms with Crippen LogP contribution in [-0.4, -0.2) is 0 Å². The summed E-state index contributed by atoms with van der Waals surface area (Å²) in [7, 11) is 0. The minimum absolute atomic E-state index is 0.0729. The molecule has 4 N–H and O–H groups in total. The van der Waals surface area contributed by atoms with Gasteiger partial charge < -0.3 is 25.7 Å². The van der Waals surface area contributed by atoms with Gasteiger partial charge >= 0.3 is 0 Å². The molecule has 0 spiro atoms. The van der Waals surface area contributed by atoms with E-state index in [4.69, 9.17) is 25.7 Å². The Morgan fingerprint density at radius 3 is 1.03 bits per heavy atom. The van der Waals surface area contributed by atoms with Gasteiger partial charge in [0.25, 0.3) is 0 Å². The highest BCUT2D eigenvalue weighted by Crippen LogP contribution is 2.30. The first-order valence-electron chi connectivity index (χ1n) is 10.9. The van der Waals surface area contributed by atoms with Crippen molar-refractivity contribution in [2.75, 3.05) is 11.5 Å². The van der Waals surface area contributed by atoms with Gasteiger partial charge in [-0.3, -0.25) is 0 Å². The maximum atomic E-state index is 6.26. The monoisotopic (exact) mass is 440 g/mol. The molecule has 0 aliphatic rings. The number of ether oxygens (including phenoxy) is 3. The summed E-state index contributed by atoms with van der Waals surface area (Å²) in [5.41, 5.74) is 15.0. The van der Waals surface area contributed by atoms with Gasteiger partial charge in [0, 0.05) is 11.4 Å². The van der Waals surface area contributed by atoms with Crippen LogP contribution in [0.5, 0.6) is 23.0 Å². The fourth-order valence-corrected chi connectivity index (χ4v) is 3.42. The summed E-state index contributed by atoms with van der Waals surface area (Å²) in [5, 5.41) is 0. The lowest BCUT2D eigenvalue weighted by molar-refractivity contribution is 0.00584. The number of nitrogen functional groups attached to an aromatic ring is 2. The molecule has 0 aliphatic carbocycles. The van der Waals surface area contributed by atoms with Crippen LogP contribution in [-0.2, 0) is 4.74 Å². The van der Waals surface area contributed by atoms with Crippen molar-refractivity contribution in [2.45, 2.75) is 26.1 Å². The number of benzene rings is 4. The molecule has 0 saturated carbocycles. The largest absolute Gasteiger partial charge is 0.457 e. The number of anilines is 2. The molecule has 0 aliphatic heterocycles. The van der Waals surface area contributed by atoms with Gasteiger partial charge in [0.1, 0.15) is 23.0 Å². The van der Waals surface area contributed by atoms with E-state index in [1.165, 1.54) is 0 Å². The van der Waals surface area contributed by atoms with Gasteiger partial charge in [0.15, 0.2) is 0 Å². The van der Waals surface area contributed by atoms with E-state index in [0.29, 0.717) is 11.4 Å². The van der Waals surface area contributed by atoms with E-state index >= 15 is 0 Å². The van der Waals surface area contributed by atoms with E-state index in [9.17, 15) is 0 Å². The van der Waals surface area contributed by atoms with Gasteiger partial charge in [-0.25, -0.2) is 0 Å². The van der Waals surface area contributed by atoms with Crippen LogP contribution in [0, 0.1) is 0 Å². The fraction of sp³-hybridized carbons (Fsp3) is 0.143. The Labute approximate surface area is 194 Å². The SMILES string of the molecule is CC(OC(C)c1ccc(Oc2ccc(N)cc2)cc1)c1ccc(Oc2ccc(N)cc2)cc1. The molecule has 4 aromatic rings. The first kappa shape index (κ1) is 22.2. The molecule has 4 rings (SSSR count). The first-order valence-corrected chi connectivity index (χ1v) is 10.9. The second-order valence-electron chi connectivity index (χ2n) is 7.90. The van der Waals surface area contributed by atoms with Crippen LogP contribution in [0.25, 0.3) is 0 Å². The Bertz CT molecular complexity index is 1060.